The van der Waals surface area contributed by atoms with Crippen LogP contribution >= 0.6 is 0 Å². The van der Waals surface area contributed by atoms with E-state index in [2.05, 4.69) is 6.58 Å². The molecule has 0 saturated heterocycles. The van der Waals surface area contributed by atoms with E-state index < -0.39 is 15.8 Å². The number of rotatable bonds is 5. The molecule has 0 radical (unpaired) electrons. The molecule has 0 aliphatic heterocycles. The van der Waals surface area contributed by atoms with Gasteiger partial charge >= 0.3 is 0 Å². The highest BCUT2D eigenvalue weighted by atomic mass is 32.2. The van der Waals surface area contributed by atoms with E-state index in [4.69, 9.17) is 10.5 Å². The first-order valence-electron chi connectivity index (χ1n) is 4.33. The maximum Gasteiger partial charge on any atom is 0.238 e. The van der Waals surface area contributed by atoms with Gasteiger partial charge in [0.05, 0.1) is 11.1 Å². The summed E-state index contributed by atoms with van der Waals surface area (Å²) in [6.07, 6.45) is 3.10. The third kappa shape index (κ3) is 3.56. The van der Waals surface area contributed by atoms with Crippen LogP contribution in [0.3, 0.4) is 0 Å². The number of nitrogens with two attached hydrogens (primary N) is 1. The molecule has 0 aliphatic carbocycles. The number of hydrogen-bond donors (Lipinski definition) is 2. The molecule has 0 aromatic carbocycles. The molecule has 0 amide bonds. The summed E-state index contributed by atoms with van der Waals surface area (Å²) in [5.74, 6) is -0.559. The molecule has 0 unspecified atom stereocenters. The standard InChI is InChI=1S/C10H14N2O3S/c1-4-5-10(16(12,14)15)8(3)7(2)9(13)6-11/h4-6,11H,1H2,2-3H3,(H2,12,14,15)/b8-7+,10-5+,11-6?. The summed E-state index contributed by atoms with van der Waals surface area (Å²) in [6, 6.07) is 0. The number of Topliss-reactive ketones (excluding diaryl/α,β-unsaturated/α-hetero) is 1. The number of hydrogen-bond acceptors (Lipinski definition) is 4. The summed E-state index contributed by atoms with van der Waals surface area (Å²) in [5.41, 5.74) is 0.382. The average Bonchev–Trinajstić information content (AvgIpc) is 2.21. The summed E-state index contributed by atoms with van der Waals surface area (Å²) < 4.78 is 22.5. The van der Waals surface area contributed by atoms with Crippen LogP contribution in [0.1, 0.15) is 13.8 Å². The monoisotopic (exact) mass is 242 g/mol. The number of ketones is 1. The molecule has 0 atom stereocenters. The first-order valence-corrected chi connectivity index (χ1v) is 5.88. The van der Waals surface area contributed by atoms with Gasteiger partial charge in [-0.25, -0.2) is 13.6 Å². The lowest BCUT2D eigenvalue weighted by atomic mass is 10.1. The van der Waals surface area contributed by atoms with Crippen molar-refractivity contribution in [2.75, 3.05) is 0 Å². The zero-order chi connectivity index (χ0) is 12.9. The molecule has 0 heterocycles. The lowest BCUT2D eigenvalue weighted by molar-refractivity contribution is -0.109. The quantitative estimate of drug-likeness (QED) is 0.425. The fraction of sp³-hybridized carbons (Fsp3) is 0.200. The first kappa shape index (κ1) is 14.5. The summed E-state index contributed by atoms with van der Waals surface area (Å²) in [6.45, 7) is 6.26. The lowest BCUT2D eigenvalue weighted by Gasteiger charge is -2.07. The topological polar surface area (TPSA) is 101 Å². The maximum atomic E-state index is 11.2. The smallest absolute Gasteiger partial charge is 0.238 e. The van der Waals surface area contributed by atoms with E-state index in [9.17, 15) is 13.2 Å². The van der Waals surface area contributed by atoms with Crippen molar-refractivity contribution in [1.82, 2.24) is 0 Å². The van der Waals surface area contributed by atoms with Gasteiger partial charge in [0.15, 0.2) is 5.78 Å². The van der Waals surface area contributed by atoms with Gasteiger partial charge in [0.2, 0.25) is 10.0 Å². The molecule has 16 heavy (non-hydrogen) atoms. The van der Waals surface area contributed by atoms with Crippen LogP contribution in [0.5, 0.6) is 0 Å². The minimum Gasteiger partial charge on any atom is -0.305 e. The number of primary sulfonamides is 1. The summed E-state index contributed by atoms with van der Waals surface area (Å²) >= 11 is 0. The Hall–Kier alpha value is -1.53. The average molecular weight is 242 g/mol. The predicted molar refractivity (Wildman–Crippen MR) is 63.6 cm³/mol. The number of allylic oxidation sites excluding steroid dienone is 4. The molecule has 0 aromatic rings. The molecule has 0 fully saturated rings. The van der Waals surface area contributed by atoms with Gasteiger partial charge < -0.3 is 5.41 Å². The van der Waals surface area contributed by atoms with Gasteiger partial charge in [-0.15, -0.1) is 0 Å². The van der Waals surface area contributed by atoms with Crippen LogP contribution in [-0.4, -0.2) is 20.4 Å². The molecular weight excluding hydrogens is 228 g/mol. The van der Waals surface area contributed by atoms with Crippen molar-refractivity contribution in [3.05, 3.63) is 34.8 Å². The molecule has 6 heteroatoms. The van der Waals surface area contributed by atoms with E-state index in [1.165, 1.54) is 26.0 Å². The van der Waals surface area contributed by atoms with E-state index in [0.717, 1.165) is 0 Å². The second-order valence-electron chi connectivity index (χ2n) is 3.07. The molecule has 88 valence electrons. The zero-order valence-electron chi connectivity index (χ0n) is 9.15. The number of sulfonamides is 1. The minimum atomic E-state index is -3.91. The second kappa shape index (κ2) is 5.53. The van der Waals surface area contributed by atoms with Crippen LogP contribution in [0.4, 0.5) is 0 Å². The Morgan fingerprint density at radius 2 is 1.81 bits per heavy atom. The SMILES string of the molecule is C=C/C=C(\C(C)=C(/C)C(=O)C=N)S(N)(=O)=O. The summed E-state index contributed by atoms with van der Waals surface area (Å²) in [5, 5.41) is 11.8. The molecule has 0 spiro atoms. The highest BCUT2D eigenvalue weighted by Crippen LogP contribution is 2.18. The van der Waals surface area contributed by atoms with Gasteiger partial charge in [-0.1, -0.05) is 12.7 Å². The normalized spacial score (nSPS) is 14.1. The van der Waals surface area contributed by atoms with Crippen LogP contribution in [0.25, 0.3) is 0 Å². The zero-order valence-corrected chi connectivity index (χ0v) is 9.97. The van der Waals surface area contributed by atoms with E-state index in [0.29, 0.717) is 6.21 Å². The predicted octanol–water partition coefficient (Wildman–Crippen LogP) is 0.900. The highest BCUT2D eigenvalue weighted by molar-refractivity contribution is 7.93. The van der Waals surface area contributed by atoms with Crippen molar-refractivity contribution < 1.29 is 13.2 Å². The number of carbonyl (C=O) groups is 1. The Balaban J connectivity index is 5.79. The lowest BCUT2D eigenvalue weighted by Crippen LogP contribution is -2.17. The van der Waals surface area contributed by atoms with Gasteiger partial charge in [-0.2, -0.15) is 0 Å². The van der Waals surface area contributed by atoms with Gasteiger partial charge in [0, 0.05) is 5.57 Å². The second-order valence-corrected chi connectivity index (χ2v) is 4.60. The van der Waals surface area contributed by atoms with E-state index in [1.54, 1.807) is 0 Å². The van der Waals surface area contributed by atoms with Crippen molar-refractivity contribution in [2.24, 2.45) is 5.14 Å². The molecule has 0 rings (SSSR count). The van der Waals surface area contributed by atoms with Crippen LogP contribution in [0, 0.1) is 5.41 Å². The summed E-state index contributed by atoms with van der Waals surface area (Å²) in [7, 11) is -3.91. The van der Waals surface area contributed by atoms with Crippen LogP contribution in [-0.2, 0) is 14.8 Å². The van der Waals surface area contributed by atoms with Gasteiger partial charge in [0.1, 0.15) is 0 Å². The van der Waals surface area contributed by atoms with Crippen LogP contribution < -0.4 is 5.14 Å². The Kier molecular flexibility index (Phi) is 5.00. The van der Waals surface area contributed by atoms with Gasteiger partial charge in [0.25, 0.3) is 0 Å². The summed E-state index contributed by atoms with van der Waals surface area (Å²) in [4.78, 5) is 11.0. The molecule has 5 nitrogen and oxygen atoms in total. The van der Waals surface area contributed by atoms with E-state index >= 15 is 0 Å². The maximum absolute atomic E-state index is 11.2. The fourth-order valence-electron chi connectivity index (χ4n) is 1.02. The van der Waals surface area contributed by atoms with Crippen molar-refractivity contribution >= 4 is 22.0 Å². The third-order valence-corrected chi connectivity index (χ3v) is 3.06. The number of carbonyl (C=O) groups excluding carboxylic acids is 1. The van der Waals surface area contributed by atoms with Crippen molar-refractivity contribution in [3.8, 4) is 0 Å². The molecule has 0 aromatic heterocycles. The van der Waals surface area contributed by atoms with E-state index in [1.807, 2.05) is 0 Å². The van der Waals surface area contributed by atoms with Crippen LogP contribution in [0.2, 0.25) is 0 Å². The first-order chi connectivity index (χ1) is 7.25. The highest BCUT2D eigenvalue weighted by Gasteiger charge is 2.17. The Morgan fingerprint density at radius 1 is 1.31 bits per heavy atom. The largest absolute Gasteiger partial charge is 0.305 e. The van der Waals surface area contributed by atoms with Crippen molar-refractivity contribution in [1.29, 1.82) is 5.41 Å². The fourth-order valence-corrected chi connectivity index (χ4v) is 1.88. The van der Waals surface area contributed by atoms with E-state index in [-0.39, 0.29) is 16.1 Å². The van der Waals surface area contributed by atoms with Crippen LogP contribution in [0.15, 0.2) is 34.8 Å². The minimum absolute atomic E-state index is 0.164. The number of nitrogens with one attached hydrogen (secondary N) is 1. The molecule has 0 aliphatic rings. The molecule has 3 N–H and O–H groups in total. The van der Waals surface area contributed by atoms with Crippen molar-refractivity contribution in [3.63, 3.8) is 0 Å². The van der Waals surface area contributed by atoms with Crippen molar-refractivity contribution in [2.45, 2.75) is 13.8 Å². The Labute approximate surface area is 94.9 Å². The molecular formula is C10H14N2O3S. The Morgan fingerprint density at radius 3 is 2.12 bits per heavy atom. The van der Waals surface area contributed by atoms with Gasteiger partial charge in [-0.3, -0.25) is 4.79 Å². The third-order valence-electron chi connectivity index (χ3n) is 2.01. The molecule has 0 saturated carbocycles. The van der Waals surface area contributed by atoms with Gasteiger partial charge in [-0.05, 0) is 25.5 Å². The Bertz CT molecular complexity index is 484. The molecule has 0 bridgehead atoms.